The molecule has 0 aliphatic rings. The van der Waals surface area contributed by atoms with E-state index in [1.807, 2.05) is 36.5 Å². The average molecular weight is 549 g/mol. The van der Waals surface area contributed by atoms with Crippen LogP contribution in [0.25, 0.3) is 67.3 Å². The highest BCUT2D eigenvalue weighted by Gasteiger charge is 2.13. The first kappa shape index (κ1) is 26.3. The lowest BCUT2D eigenvalue weighted by molar-refractivity contribution is 1.18. The van der Waals surface area contributed by atoms with Gasteiger partial charge in [0.05, 0.1) is 11.4 Å². The fraction of sp³-hybridized carbons (Fsp3) is 0. The highest BCUT2D eigenvalue weighted by Crippen LogP contribution is 2.31. The molecule has 0 radical (unpaired) electrons. The number of aromatic nitrogens is 3. The molecule has 5 aromatic carbocycles. The minimum absolute atomic E-state index is 0.712. The summed E-state index contributed by atoms with van der Waals surface area (Å²) < 4.78 is 0. The maximum absolute atomic E-state index is 5.08. The molecule has 3 nitrogen and oxygen atoms in total. The number of nitrogens with zero attached hydrogens (tertiary/aromatic N) is 3. The van der Waals surface area contributed by atoms with E-state index in [2.05, 4.69) is 128 Å². The highest BCUT2D eigenvalue weighted by molar-refractivity contribution is 6.33. The molecule has 7 rings (SSSR count). The fourth-order valence-corrected chi connectivity index (χ4v) is 5.41. The van der Waals surface area contributed by atoms with Gasteiger partial charge in [-0.15, -0.1) is 0 Å². The molecule has 202 valence electrons. The second-order valence-electron chi connectivity index (χ2n) is 10.7. The lowest BCUT2D eigenvalue weighted by Gasteiger charge is -2.12. The van der Waals surface area contributed by atoms with Crippen LogP contribution in [-0.2, 0) is 0 Å². The molecule has 0 aliphatic heterocycles. The van der Waals surface area contributed by atoms with Gasteiger partial charge in [-0.05, 0) is 51.6 Å². The molecule has 0 atom stereocenters. The predicted octanol–water partition coefficient (Wildman–Crippen LogP) is 8.13. The summed E-state index contributed by atoms with van der Waals surface area (Å²) in [4.78, 5) is 14.4. The molecule has 0 saturated carbocycles. The molecule has 0 N–H and O–H groups in total. The third kappa shape index (κ3) is 5.77. The summed E-state index contributed by atoms with van der Waals surface area (Å²) in [6, 6.07) is 50.7. The number of hydrogen-bond acceptors (Lipinski definition) is 3. The second-order valence-corrected chi connectivity index (χ2v) is 10.7. The van der Waals surface area contributed by atoms with Gasteiger partial charge in [0.25, 0.3) is 0 Å². The molecule has 4 heteroatoms. The van der Waals surface area contributed by atoms with Crippen LogP contribution in [0.3, 0.4) is 0 Å². The van der Waals surface area contributed by atoms with Crippen LogP contribution in [0.4, 0.5) is 0 Å². The van der Waals surface area contributed by atoms with Gasteiger partial charge < -0.3 is 0 Å². The molecule has 0 amide bonds. The van der Waals surface area contributed by atoms with Crippen molar-refractivity contribution in [2.75, 3.05) is 0 Å². The van der Waals surface area contributed by atoms with Crippen LogP contribution < -0.4 is 5.46 Å². The second kappa shape index (κ2) is 11.7. The van der Waals surface area contributed by atoms with Crippen molar-refractivity contribution < 1.29 is 0 Å². The van der Waals surface area contributed by atoms with Crippen molar-refractivity contribution in [3.05, 3.63) is 158 Å². The van der Waals surface area contributed by atoms with Gasteiger partial charge in [-0.3, -0.25) is 4.98 Å². The third-order valence-electron chi connectivity index (χ3n) is 7.63. The third-order valence-corrected chi connectivity index (χ3v) is 7.63. The zero-order chi connectivity index (χ0) is 29.0. The standard InChI is InChI=1S/C39H28BN3/c40-36-23-34(30-15-13-29(14-16-30)33-12-7-21-41-26-33)22-35(24-36)38-25-37(42-39(43-38)32-10-5-2-6-11-32)31-19-17-28(18-20-31)27-8-3-1-4-9-27/h1-26H,40H2. The minimum atomic E-state index is 0.712. The van der Waals surface area contributed by atoms with Gasteiger partial charge >= 0.3 is 0 Å². The summed E-state index contributed by atoms with van der Waals surface area (Å²) >= 11 is 0. The van der Waals surface area contributed by atoms with E-state index in [-0.39, 0.29) is 0 Å². The Morgan fingerprint density at radius 1 is 0.372 bits per heavy atom. The molecule has 0 bridgehead atoms. The maximum Gasteiger partial charge on any atom is 0.160 e. The van der Waals surface area contributed by atoms with Crippen LogP contribution in [0.5, 0.6) is 0 Å². The first-order valence-corrected chi connectivity index (χ1v) is 14.4. The molecule has 0 saturated heterocycles. The molecular weight excluding hydrogens is 521 g/mol. The molecule has 0 spiro atoms. The van der Waals surface area contributed by atoms with Crippen molar-refractivity contribution in [3.8, 4) is 67.3 Å². The van der Waals surface area contributed by atoms with Crippen molar-refractivity contribution in [2.45, 2.75) is 0 Å². The van der Waals surface area contributed by atoms with E-state index in [4.69, 9.17) is 9.97 Å². The van der Waals surface area contributed by atoms with Gasteiger partial charge in [-0.2, -0.15) is 0 Å². The minimum Gasteiger partial charge on any atom is -0.264 e. The van der Waals surface area contributed by atoms with Crippen molar-refractivity contribution in [2.24, 2.45) is 0 Å². The molecule has 7 aromatic rings. The van der Waals surface area contributed by atoms with E-state index in [0.29, 0.717) is 5.82 Å². The molecule has 0 aliphatic carbocycles. The lowest BCUT2D eigenvalue weighted by Crippen LogP contribution is -2.04. The van der Waals surface area contributed by atoms with E-state index >= 15 is 0 Å². The smallest absolute Gasteiger partial charge is 0.160 e. The van der Waals surface area contributed by atoms with Gasteiger partial charge in [0, 0.05) is 29.1 Å². The van der Waals surface area contributed by atoms with Crippen molar-refractivity contribution in [1.82, 2.24) is 15.0 Å². The molecule has 0 unspecified atom stereocenters. The highest BCUT2D eigenvalue weighted by atomic mass is 14.9. The first-order chi connectivity index (χ1) is 21.2. The Kier molecular flexibility index (Phi) is 7.16. The van der Waals surface area contributed by atoms with Crippen LogP contribution in [0.1, 0.15) is 0 Å². The fourth-order valence-electron chi connectivity index (χ4n) is 5.41. The van der Waals surface area contributed by atoms with Gasteiger partial charge in [0.15, 0.2) is 5.82 Å². The van der Waals surface area contributed by atoms with Crippen LogP contribution >= 0.6 is 0 Å². The molecular formula is C39H28BN3. The summed E-state index contributed by atoms with van der Waals surface area (Å²) in [5, 5.41) is 0. The molecule has 2 aromatic heterocycles. The van der Waals surface area contributed by atoms with E-state index < -0.39 is 0 Å². The van der Waals surface area contributed by atoms with Crippen molar-refractivity contribution in [1.29, 1.82) is 0 Å². The predicted molar refractivity (Wildman–Crippen MR) is 181 cm³/mol. The van der Waals surface area contributed by atoms with Gasteiger partial charge in [-0.1, -0.05) is 133 Å². The summed E-state index contributed by atoms with van der Waals surface area (Å²) in [7, 11) is 2.14. The largest absolute Gasteiger partial charge is 0.264 e. The SMILES string of the molecule is Bc1cc(-c2ccc(-c3cccnc3)cc2)cc(-c2cc(-c3ccc(-c4ccccc4)cc3)nc(-c3ccccc3)n2)c1. The van der Waals surface area contributed by atoms with Gasteiger partial charge in [0.1, 0.15) is 7.85 Å². The number of pyridine rings is 1. The Bertz CT molecular complexity index is 1990. The Morgan fingerprint density at radius 2 is 0.860 bits per heavy atom. The number of benzene rings is 5. The van der Waals surface area contributed by atoms with E-state index in [0.717, 1.165) is 50.3 Å². The molecule has 0 fully saturated rings. The average Bonchev–Trinajstić information content (AvgIpc) is 3.09. The van der Waals surface area contributed by atoms with Crippen LogP contribution in [0.2, 0.25) is 0 Å². The zero-order valence-electron chi connectivity index (χ0n) is 23.9. The van der Waals surface area contributed by atoms with E-state index in [1.54, 1.807) is 6.20 Å². The summed E-state index contributed by atoms with van der Waals surface area (Å²) in [5.41, 5.74) is 13.0. The normalized spacial score (nSPS) is 10.9. The monoisotopic (exact) mass is 549 g/mol. The molecule has 43 heavy (non-hydrogen) atoms. The first-order valence-electron chi connectivity index (χ1n) is 14.4. The van der Waals surface area contributed by atoms with Crippen molar-refractivity contribution >= 4 is 13.3 Å². The summed E-state index contributed by atoms with van der Waals surface area (Å²) in [6.45, 7) is 0. The van der Waals surface area contributed by atoms with Crippen LogP contribution in [0.15, 0.2) is 158 Å². The Morgan fingerprint density at radius 3 is 1.49 bits per heavy atom. The lowest BCUT2D eigenvalue weighted by atomic mass is 9.88. The zero-order valence-corrected chi connectivity index (χ0v) is 23.9. The molecule has 2 heterocycles. The maximum atomic E-state index is 5.08. The Hall–Kier alpha value is -5.61. The van der Waals surface area contributed by atoms with Gasteiger partial charge in [0.2, 0.25) is 0 Å². The quantitative estimate of drug-likeness (QED) is 0.197. The Balaban J connectivity index is 1.29. The van der Waals surface area contributed by atoms with E-state index in [9.17, 15) is 0 Å². The number of hydrogen-bond donors (Lipinski definition) is 0. The van der Waals surface area contributed by atoms with Crippen molar-refractivity contribution in [3.63, 3.8) is 0 Å². The summed E-state index contributed by atoms with van der Waals surface area (Å²) in [5.74, 6) is 0.712. The van der Waals surface area contributed by atoms with Gasteiger partial charge in [-0.25, -0.2) is 9.97 Å². The summed E-state index contributed by atoms with van der Waals surface area (Å²) in [6.07, 6.45) is 3.69. The van der Waals surface area contributed by atoms with Crippen LogP contribution in [-0.4, -0.2) is 22.8 Å². The Labute approximate surface area is 253 Å². The number of rotatable bonds is 6. The topological polar surface area (TPSA) is 38.7 Å². The van der Waals surface area contributed by atoms with E-state index in [1.165, 1.54) is 16.6 Å². The van der Waals surface area contributed by atoms with Crippen LogP contribution in [0, 0.1) is 0 Å².